The van der Waals surface area contributed by atoms with Gasteiger partial charge in [-0.15, -0.1) is 0 Å². The molecule has 2 aliphatic rings. The molecule has 2 aromatic rings. The molecule has 0 radical (unpaired) electrons. The van der Waals surface area contributed by atoms with E-state index in [1.54, 1.807) is 13.4 Å². The average molecular weight is 450 g/mol. The summed E-state index contributed by atoms with van der Waals surface area (Å²) in [5, 5.41) is 4.04. The molecule has 180 valence electrons. The number of morpholine rings is 2. The van der Waals surface area contributed by atoms with E-state index in [9.17, 15) is 4.79 Å². The van der Waals surface area contributed by atoms with E-state index < -0.39 is 0 Å². The van der Waals surface area contributed by atoms with Crippen LogP contribution in [0.3, 0.4) is 0 Å². The van der Waals surface area contributed by atoms with Crippen LogP contribution in [0.25, 0.3) is 10.9 Å². The molecule has 0 amide bonds. The Morgan fingerprint density at radius 1 is 1.00 bits per heavy atom. The van der Waals surface area contributed by atoms with Gasteiger partial charge in [-0.2, -0.15) is 0 Å². The molecule has 2 fully saturated rings. The zero-order valence-electron chi connectivity index (χ0n) is 20.0. The molecule has 4 rings (SSSR count). The van der Waals surface area contributed by atoms with Gasteiger partial charge in [-0.25, -0.2) is 4.98 Å². The summed E-state index contributed by atoms with van der Waals surface area (Å²) in [6.07, 6.45) is 1.56. The Kier molecular flexibility index (Phi) is 14.1. The van der Waals surface area contributed by atoms with E-state index in [0.717, 1.165) is 76.9 Å². The van der Waals surface area contributed by atoms with Crippen molar-refractivity contribution in [3.8, 4) is 0 Å². The number of carbonyl (C=O) groups excluding carboxylic acids is 1. The predicted octanol–water partition coefficient (Wildman–Crippen LogP) is 1.47. The first-order chi connectivity index (χ1) is 15.6. The van der Waals surface area contributed by atoms with Gasteiger partial charge >= 0.3 is 0 Å². The number of nitrogens with zero attached hydrogens (tertiary/aromatic N) is 4. The number of carbonyl (C=O) groups is 1. The van der Waals surface area contributed by atoms with Gasteiger partial charge in [-0.05, 0) is 25.2 Å². The van der Waals surface area contributed by atoms with Crippen LogP contribution in [0.1, 0.15) is 13.8 Å². The van der Waals surface area contributed by atoms with Gasteiger partial charge < -0.3 is 29.1 Å². The van der Waals surface area contributed by atoms with Gasteiger partial charge in [0.2, 0.25) is 0 Å². The number of benzene rings is 1. The smallest absolute Gasteiger partial charge is 0.260 e. The number of fused-ring (bicyclic) bond motifs is 1. The summed E-state index contributed by atoms with van der Waals surface area (Å²) in [4.78, 5) is 28.9. The minimum Gasteiger partial charge on any atom is -0.384 e. The van der Waals surface area contributed by atoms with E-state index in [1.165, 1.54) is 4.57 Å². The Labute approximate surface area is 191 Å². The Morgan fingerprint density at radius 2 is 1.59 bits per heavy atom. The van der Waals surface area contributed by atoms with Crippen LogP contribution in [-0.2, 0) is 21.3 Å². The lowest BCUT2D eigenvalue weighted by molar-refractivity contribution is -0.0979. The Bertz CT molecular complexity index is 818. The number of aromatic nitrogens is 2. The van der Waals surface area contributed by atoms with Gasteiger partial charge in [0.1, 0.15) is 6.79 Å². The lowest BCUT2D eigenvalue weighted by atomic mass is 10.2. The van der Waals surface area contributed by atoms with Crippen molar-refractivity contribution in [2.45, 2.75) is 13.8 Å². The van der Waals surface area contributed by atoms with Crippen molar-refractivity contribution >= 4 is 23.4 Å². The first kappa shape index (κ1) is 27.7. The quantitative estimate of drug-likeness (QED) is 0.751. The number of anilines is 1. The summed E-state index contributed by atoms with van der Waals surface area (Å²) in [5.74, 6) is 0. The van der Waals surface area contributed by atoms with Crippen molar-refractivity contribution in [1.29, 1.82) is 0 Å². The zero-order valence-corrected chi connectivity index (χ0v) is 20.0. The minimum absolute atomic E-state index is 0.0140. The van der Waals surface area contributed by atoms with Crippen LogP contribution in [-0.4, -0.2) is 98.9 Å². The van der Waals surface area contributed by atoms with Crippen LogP contribution in [0.5, 0.6) is 0 Å². The lowest BCUT2D eigenvalue weighted by Crippen LogP contribution is -2.39. The van der Waals surface area contributed by atoms with Crippen LogP contribution in [0.4, 0.5) is 5.69 Å². The maximum Gasteiger partial charge on any atom is 0.260 e. The molecule has 0 unspecified atom stereocenters. The van der Waals surface area contributed by atoms with E-state index in [4.69, 9.17) is 14.3 Å². The van der Waals surface area contributed by atoms with Crippen LogP contribution in [0.15, 0.2) is 29.3 Å². The highest BCUT2D eigenvalue weighted by Gasteiger charge is 2.09. The van der Waals surface area contributed by atoms with E-state index in [2.05, 4.69) is 27.1 Å². The van der Waals surface area contributed by atoms with Crippen molar-refractivity contribution in [3.05, 3.63) is 34.9 Å². The topological polar surface area (TPSA) is 88.9 Å². The van der Waals surface area contributed by atoms with Gasteiger partial charge in [0.25, 0.3) is 5.56 Å². The van der Waals surface area contributed by atoms with Crippen molar-refractivity contribution in [2.24, 2.45) is 7.05 Å². The van der Waals surface area contributed by atoms with Crippen LogP contribution in [0.2, 0.25) is 0 Å². The second kappa shape index (κ2) is 16.3. The first-order valence-corrected chi connectivity index (χ1v) is 11.2. The molecule has 1 N–H and O–H groups in total. The SMILES string of the molecule is C=O.CC.CN1CCOCC1.Cn1cnc2cc(NCCN3CCOCC3)ccc2c1=O. The number of ether oxygens (including phenoxy) is 2. The standard InChI is InChI=1S/C15H20N4O2.C5H11NO.C2H6.CH2O/c1-18-11-17-14-10-12(2-3-13(14)15(18)20)16-4-5-19-6-8-21-9-7-19;1-6-2-4-7-5-3-6;2*1-2/h2-3,10-11,16H,4-9H2,1H3;2-5H2,1H3;1-2H3;1H2. The van der Waals surface area contributed by atoms with E-state index >= 15 is 0 Å². The summed E-state index contributed by atoms with van der Waals surface area (Å²) in [6.45, 7) is 15.5. The number of aryl methyl sites for hydroxylation is 1. The van der Waals surface area contributed by atoms with E-state index in [0.29, 0.717) is 5.39 Å². The van der Waals surface area contributed by atoms with Crippen LogP contribution in [0, 0.1) is 0 Å². The average Bonchev–Trinajstić information content (AvgIpc) is 2.86. The van der Waals surface area contributed by atoms with Crippen molar-refractivity contribution < 1.29 is 14.3 Å². The predicted molar refractivity (Wildman–Crippen MR) is 130 cm³/mol. The third-order valence-corrected chi connectivity index (χ3v) is 5.01. The summed E-state index contributed by atoms with van der Waals surface area (Å²) < 4.78 is 11.9. The van der Waals surface area contributed by atoms with Crippen molar-refractivity contribution in [1.82, 2.24) is 19.4 Å². The maximum atomic E-state index is 11.9. The second-order valence-electron chi connectivity index (χ2n) is 7.19. The fraction of sp³-hybridized carbons (Fsp3) is 0.609. The van der Waals surface area contributed by atoms with E-state index in [1.807, 2.05) is 38.8 Å². The molecule has 0 aliphatic carbocycles. The lowest BCUT2D eigenvalue weighted by Gasteiger charge is -2.26. The molecule has 32 heavy (non-hydrogen) atoms. The van der Waals surface area contributed by atoms with Gasteiger partial charge in [0.15, 0.2) is 0 Å². The number of hydrogen-bond donors (Lipinski definition) is 1. The minimum atomic E-state index is -0.0140. The van der Waals surface area contributed by atoms with Gasteiger partial charge in [-0.3, -0.25) is 9.69 Å². The normalized spacial score (nSPS) is 16.5. The molecular formula is C23H39N5O4. The molecular weight excluding hydrogens is 410 g/mol. The van der Waals surface area contributed by atoms with Gasteiger partial charge in [-0.1, -0.05) is 13.8 Å². The molecule has 9 nitrogen and oxygen atoms in total. The highest BCUT2D eigenvalue weighted by atomic mass is 16.5. The monoisotopic (exact) mass is 449 g/mol. The summed E-state index contributed by atoms with van der Waals surface area (Å²) in [5.41, 5.74) is 1.71. The summed E-state index contributed by atoms with van der Waals surface area (Å²) >= 11 is 0. The Balaban J connectivity index is 0.000000390. The fourth-order valence-electron chi connectivity index (χ4n) is 3.16. The molecule has 1 aromatic heterocycles. The number of nitrogens with one attached hydrogen (secondary N) is 1. The van der Waals surface area contributed by atoms with E-state index in [-0.39, 0.29) is 5.56 Å². The molecule has 0 bridgehead atoms. The van der Waals surface area contributed by atoms with Crippen molar-refractivity contribution in [2.75, 3.05) is 78.1 Å². The third kappa shape index (κ3) is 9.44. The molecule has 0 spiro atoms. The maximum absolute atomic E-state index is 11.9. The van der Waals surface area contributed by atoms with Crippen LogP contribution >= 0.6 is 0 Å². The molecule has 1 aromatic carbocycles. The van der Waals surface area contributed by atoms with Crippen molar-refractivity contribution in [3.63, 3.8) is 0 Å². The number of hydrogen-bond acceptors (Lipinski definition) is 8. The third-order valence-electron chi connectivity index (χ3n) is 5.01. The highest BCUT2D eigenvalue weighted by molar-refractivity contribution is 5.81. The Hall–Kier alpha value is -2.33. The zero-order chi connectivity index (χ0) is 23.8. The fourth-order valence-corrected chi connectivity index (χ4v) is 3.16. The van der Waals surface area contributed by atoms with Gasteiger partial charge in [0.05, 0.1) is 43.7 Å². The molecule has 3 heterocycles. The number of likely N-dealkylation sites (N-methyl/N-ethyl adjacent to an activating group) is 1. The molecule has 0 saturated carbocycles. The highest BCUT2D eigenvalue weighted by Crippen LogP contribution is 2.14. The molecule has 0 atom stereocenters. The second-order valence-corrected chi connectivity index (χ2v) is 7.19. The molecule has 2 aliphatic heterocycles. The number of rotatable bonds is 4. The molecule has 9 heteroatoms. The van der Waals surface area contributed by atoms with Crippen LogP contribution < -0.4 is 10.9 Å². The summed E-state index contributed by atoms with van der Waals surface area (Å²) in [7, 11) is 3.83. The molecule has 2 saturated heterocycles. The largest absolute Gasteiger partial charge is 0.384 e. The Morgan fingerprint density at radius 3 is 2.16 bits per heavy atom. The van der Waals surface area contributed by atoms with Gasteiger partial charge in [0, 0.05) is 52.0 Å². The first-order valence-electron chi connectivity index (χ1n) is 11.2. The summed E-state index contributed by atoms with van der Waals surface area (Å²) in [6, 6.07) is 5.70.